The van der Waals surface area contributed by atoms with Crippen molar-refractivity contribution in [3.8, 4) is 0 Å². The van der Waals surface area contributed by atoms with Crippen LogP contribution in [0.25, 0.3) is 0 Å². The molecule has 2 amide bonds. The molecule has 3 fully saturated rings. The van der Waals surface area contributed by atoms with Crippen LogP contribution in [0.5, 0.6) is 0 Å². The Balaban J connectivity index is 1.38. The predicted molar refractivity (Wildman–Crippen MR) is 92.9 cm³/mol. The van der Waals surface area contributed by atoms with Gasteiger partial charge in [-0.15, -0.1) is 0 Å². The lowest BCUT2D eigenvalue weighted by Gasteiger charge is -2.37. The van der Waals surface area contributed by atoms with Gasteiger partial charge in [0.1, 0.15) is 5.41 Å². The first-order chi connectivity index (χ1) is 12.2. The number of carbonyl (C=O) groups excluding carboxylic acids is 2. The molecule has 134 valence electrons. The highest BCUT2D eigenvalue weighted by Crippen LogP contribution is 2.49. The molecule has 0 unspecified atom stereocenters. The first kappa shape index (κ1) is 16.3. The van der Waals surface area contributed by atoms with Crippen LogP contribution >= 0.6 is 0 Å². The molecule has 1 aromatic heterocycles. The number of piperazine rings is 1. The summed E-state index contributed by atoms with van der Waals surface area (Å²) in [6.45, 7) is 4.31. The van der Waals surface area contributed by atoms with E-state index in [1.165, 1.54) is 6.42 Å². The fraction of sp³-hybridized carbons (Fsp3) is 0.667. The summed E-state index contributed by atoms with van der Waals surface area (Å²) < 4.78 is 0. The molecule has 0 atom stereocenters. The molecule has 7 nitrogen and oxygen atoms in total. The van der Waals surface area contributed by atoms with E-state index in [1.807, 2.05) is 9.80 Å². The molecule has 1 aromatic rings. The van der Waals surface area contributed by atoms with Gasteiger partial charge in [-0.05, 0) is 38.2 Å². The number of aromatic nitrogens is 2. The highest BCUT2D eigenvalue weighted by atomic mass is 16.2. The summed E-state index contributed by atoms with van der Waals surface area (Å²) in [4.78, 5) is 40.4. The lowest BCUT2D eigenvalue weighted by atomic mass is 10.0. The van der Waals surface area contributed by atoms with Crippen LogP contribution in [-0.4, -0.2) is 70.9 Å². The summed E-state index contributed by atoms with van der Waals surface area (Å²) in [6, 6.07) is 1.80. The summed E-state index contributed by atoms with van der Waals surface area (Å²) in [5.41, 5.74) is -0.747. The van der Waals surface area contributed by atoms with Gasteiger partial charge in [0, 0.05) is 51.7 Å². The maximum atomic E-state index is 13.0. The van der Waals surface area contributed by atoms with E-state index in [4.69, 9.17) is 0 Å². The van der Waals surface area contributed by atoms with Gasteiger partial charge < -0.3 is 14.7 Å². The van der Waals surface area contributed by atoms with Gasteiger partial charge in [-0.3, -0.25) is 9.59 Å². The fourth-order valence-electron chi connectivity index (χ4n) is 3.91. The zero-order valence-electron chi connectivity index (χ0n) is 14.6. The van der Waals surface area contributed by atoms with Gasteiger partial charge in [-0.2, -0.15) is 0 Å². The zero-order chi connectivity index (χ0) is 17.3. The van der Waals surface area contributed by atoms with Gasteiger partial charge in [-0.1, -0.05) is 0 Å². The molecule has 3 aliphatic rings. The summed E-state index contributed by atoms with van der Waals surface area (Å²) in [7, 11) is 0. The first-order valence-electron chi connectivity index (χ1n) is 9.31. The normalized spacial score (nSPS) is 22.6. The molecule has 2 aliphatic heterocycles. The third-order valence-corrected chi connectivity index (χ3v) is 5.61. The van der Waals surface area contributed by atoms with Crippen LogP contribution in [0.1, 0.15) is 32.1 Å². The number of amides is 2. The quantitative estimate of drug-likeness (QED) is 0.763. The average molecular weight is 343 g/mol. The van der Waals surface area contributed by atoms with E-state index in [1.54, 1.807) is 18.5 Å². The largest absolute Gasteiger partial charge is 0.342 e. The van der Waals surface area contributed by atoms with Crippen LogP contribution in [0.3, 0.4) is 0 Å². The molecule has 0 bridgehead atoms. The minimum Gasteiger partial charge on any atom is -0.342 e. The minimum atomic E-state index is -0.747. The maximum absolute atomic E-state index is 13.0. The number of hydrogen-bond donors (Lipinski definition) is 0. The Morgan fingerprint density at radius 2 is 1.36 bits per heavy atom. The predicted octanol–water partition coefficient (Wildman–Crippen LogP) is 0.918. The lowest BCUT2D eigenvalue weighted by molar-refractivity contribution is -0.150. The topological polar surface area (TPSA) is 69.6 Å². The van der Waals surface area contributed by atoms with Crippen LogP contribution in [0.4, 0.5) is 5.95 Å². The molecule has 0 spiro atoms. The summed E-state index contributed by atoms with van der Waals surface area (Å²) in [5.74, 6) is 0.822. The van der Waals surface area contributed by atoms with Crippen LogP contribution < -0.4 is 4.90 Å². The number of hydrogen-bond acceptors (Lipinski definition) is 5. The molecule has 2 saturated heterocycles. The van der Waals surface area contributed by atoms with Crippen molar-refractivity contribution in [3.63, 3.8) is 0 Å². The van der Waals surface area contributed by atoms with Gasteiger partial charge in [0.15, 0.2) is 0 Å². The molecule has 0 aromatic carbocycles. The Kier molecular flexibility index (Phi) is 4.31. The number of nitrogens with zero attached hydrogens (tertiary/aromatic N) is 5. The molecular formula is C18H25N5O2. The Bertz CT molecular complexity index is 632. The molecule has 0 radical (unpaired) electrons. The van der Waals surface area contributed by atoms with Gasteiger partial charge in [0.25, 0.3) is 0 Å². The Hall–Kier alpha value is -2.18. The average Bonchev–Trinajstić information content (AvgIpc) is 3.50. The van der Waals surface area contributed by atoms with Gasteiger partial charge in [0.2, 0.25) is 17.8 Å². The van der Waals surface area contributed by atoms with E-state index < -0.39 is 5.41 Å². The lowest BCUT2D eigenvalue weighted by Crippen LogP contribution is -2.54. The molecule has 3 heterocycles. The van der Waals surface area contributed by atoms with Crippen LogP contribution in [0, 0.1) is 5.41 Å². The Morgan fingerprint density at radius 1 is 0.800 bits per heavy atom. The van der Waals surface area contributed by atoms with Crippen molar-refractivity contribution in [2.75, 3.05) is 44.2 Å². The van der Waals surface area contributed by atoms with Crippen molar-refractivity contribution in [1.29, 1.82) is 0 Å². The highest BCUT2D eigenvalue weighted by molar-refractivity contribution is 6.08. The second-order valence-corrected chi connectivity index (χ2v) is 7.26. The van der Waals surface area contributed by atoms with E-state index in [0.29, 0.717) is 45.0 Å². The highest BCUT2D eigenvalue weighted by Gasteiger charge is 2.59. The molecule has 25 heavy (non-hydrogen) atoms. The minimum absolute atomic E-state index is 0.0386. The van der Waals surface area contributed by atoms with E-state index >= 15 is 0 Å². The van der Waals surface area contributed by atoms with Crippen molar-refractivity contribution < 1.29 is 9.59 Å². The Labute approximate surface area is 148 Å². The number of carbonyl (C=O) groups is 2. The summed E-state index contributed by atoms with van der Waals surface area (Å²) in [5, 5.41) is 0. The van der Waals surface area contributed by atoms with E-state index in [2.05, 4.69) is 14.9 Å². The van der Waals surface area contributed by atoms with Crippen molar-refractivity contribution in [2.24, 2.45) is 5.41 Å². The van der Waals surface area contributed by atoms with Crippen molar-refractivity contribution in [1.82, 2.24) is 19.8 Å². The summed E-state index contributed by atoms with van der Waals surface area (Å²) >= 11 is 0. The molecule has 1 saturated carbocycles. The molecular weight excluding hydrogens is 318 g/mol. The fourth-order valence-corrected chi connectivity index (χ4v) is 3.91. The molecule has 0 N–H and O–H groups in total. The summed E-state index contributed by atoms with van der Waals surface area (Å²) in [6.07, 6.45) is 8.20. The third kappa shape index (κ3) is 3.07. The maximum Gasteiger partial charge on any atom is 0.238 e. The molecule has 7 heteroatoms. The SMILES string of the molecule is O=C(N1CCCCC1)C1(C(=O)N2CCN(c3ncccn3)CC2)CC1. The first-order valence-corrected chi connectivity index (χ1v) is 9.31. The number of likely N-dealkylation sites (tertiary alicyclic amines) is 1. The van der Waals surface area contributed by atoms with E-state index in [-0.39, 0.29) is 11.8 Å². The van der Waals surface area contributed by atoms with Gasteiger partial charge in [0.05, 0.1) is 0 Å². The van der Waals surface area contributed by atoms with E-state index in [0.717, 1.165) is 25.9 Å². The van der Waals surface area contributed by atoms with E-state index in [9.17, 15) is 9.59 Å². The molecule has 1 aliphatic carbocycles. The van der Waals surface area contributed by atoms with Crippen LogP contribution in [0.2, 0.25) is 0 Å². The number of rotatable bonds is 3. The van der Waals surface area contributed by atoms with Gasteiger partial charge >= 0.3 is 0 Å². The molecule has 4 rings (SSSR count). The Morgan fingerprint density at radius 3 is 1.92 bits per heavy atom. The van der Waals surface area contributed by atoms with Crippen molar-refractivity contribution in [2.45, 2.75) is 32.1 Å². The van der Waals surface area contributed by atoms with Crippen LogP contribution in [0.15, 0.2) is 18.5 Å². The standard InChI is InChI=1S/C18H25N5O2/c24-15(21-9-2-1-3-10-21)18(5-6-18)16(25)22-11-13-23(14-12-22)17-19-7-4-8-20-17/h4,7-8H,1-3,5-6,9-14H2. The third-order valence-electron chi connectivity index (χ3n) is 5.61. The zero-order valence-corrected chi connectivity index (χ0v) is 14.6. The second-order valence-electron chi connectivity index (χ2n) is 7.26. The van der Waals surface area contributed by atoms with Crippen LogP contribution in [-0.2, 0) is 9.59 Å². The number of piperidine rings is 1. The second kappa shape index (κ2) is 6.61. The van der Waals surface area contributed by atoms with Gasteiger partial charge in [-0.25, -0.2) is 9.97 Å². The van der Waals surface area contributed by atoms with Crippen molar-refractivity contribution >= 4 is 17.8 Å². The number of anilines is 1. The smallest absolute Gasteiger partial charge is 0.238 e. The van der Waals surface area contributed by atoms with Crippen molar-refractivity contribution in [3.05, 3.63) is 18.5 Å². The monoisotopic (exact) mass is 343 g/mol.